The largest absolute Gasteiger partial charge is 0.364 e. The normalized spacial score (nSPS) is 23.7. The summed E-state index contributed by atoms with van der Waals surface area (Å²) < 4.78 is 1.01. The summed E-state index contributed by atoms with van der Waals surface area (Å²) in [4.78, 5) is 2.52. The molecule has 1 aromatic rings. The maximum atomic E-state index is 6.30. The fourth-order valence-corrected chi connectivity index (χ4v) is 3.60. The van der Waals surface area contributed by atoms with Crippen LogP contribution in [0.5, 0.6) is 0 Å². The first-order valence-corrected chi connectivity index (χ1v) is 8.83. The average Bonchev–Trinajstić information content (AvgIpc) is 2.40. The van der Waals surface area contributed by atoms with E-state index in [0.29, 0.717) is 18.0 Å². The molecule has 0 radical (unpaired) electrons. The van der Waals surface area contributed by atoms with Gasteiger partial charge in [0.25, 0.3) is 0 Å². The zero-order valence-electron chi connectivity index (χ0n) is 13.6. The van der Waals surface area contributed by atoms with Crippen LogP contribution in [0.3, 0.4) is 0 Å². The topological polar surface area (TPSA) is 15.3 Å². The predicted octanol–water partition coefficient (Wildman–Crippen LogP) is 4.95. The van der Waals surface area contributed by atoms with Crippen molar-refractivity contribution in [2.24, 2.45) is 11.3 Å². The van der Waals surface area contributed by atoms with Gasteiger partial charge in [-0.25, -0.2) is 0 Å². The van der Waals surface area contributed by atoms with Crippen molar-refractivity contribution < 1.29 is 0 Å². The summed E-state index contributed by atoms with van der Waals surface area (Å²) in [6, 6.07) is 7.09. The molecule has 0 bridgehead atoms. The van der Waals surface area contributed by atoms with Gasteiger partial charge in [-0.1, -0.05) is 52.3 Å². The van der Waals surface area contributed by atoms with Gasteiger partial charge >= 0.3 is 0 Å². The molecule has 0 aromatic heterocycles. The summed E-state index contributed by atoms with van der Waals surface area (Å²) in [5.41, 5.74) is 1.45. The minimum Gasteiger partial charge on any atom is -0.364 e. The van der Waals surface area contributed by atoms with Crippen molar-refractivity contribution in [2.45, 2.75) is 46.7 Å². The highest BCUT2D eigenvalue weighted by atomic mass is 79.9. The number of nitrogens with one attached hydrogen (secondary N) is 1. The van der Waals surface area contributed by atoms with Crippen molar-refractivity contribution >= 4 is 33.2 Å². The first kappa shape index (κ1) is 17.1. The Hall–Kier alpha value is -0.250. The smallest absolute Gasteiger partial charge is 0.0595 e. The van der Waals surface area contributed by atoms with Crippen LogP contribution in [0.4, 0.5) is 5.69 Å². The number of halogens is 2. The lowest BCUT2D eigenvalue weighted by Crippen LogP contribution is -2.62. The van der Waals surface area contributed by atoms with Gasteiger partial charge in [-0.05, 0) is 39.4 Å². The van der Waals surface area contributed by atoms with Crippen LogP contribution in [0.15, 0.2) is 22.7 Å². The highest BCUT2D eigenvalue weighted by Crippen LogP contribution is 2.37. The highest BCUT2D eigenvalue weighted by molar-refractivity contribution is 9.10. The van der Waals surface area contributed by atoms with Crippen LogP contribution in [0.1, 0.15) is 34.6 Å². The quantitative estimate of drug-likeness (QED) is 0.789. The van der Waals surface area contributed by atoms with Crippen LogP contribution < -0.4 is 10.2 Å². The third-order valence-corrected chi connectivity index (χ3v) is 5.79. The van der Waals surface area contributed by atoms with Gasteiger partial charge in [0.05, 0.1) is 15.2 Å². The second-order valence-electron chi connectivity index (χ2n) is 7.36. The van der Waals surface area contributed by atoms with Gasteiger partial charge in [-0.2, -0.15) is 0 Å². The summed E-state index contributed by atoms with van der Waals surface area (Å²) in [5, 5.41) is 4.51. The van der Waals surface area contributed by atoms with Crippen molar-refractivity contribution in [2.75, 3.05) is 18.0 Å². The molecule has 1 aliphatic rings. The first-order chi connectivity index (χ1) is 9.71. The van der Waals surface area contributed by atoms with Gasteiger partial charge < -0.3 is 10.2 Å². The number of nitrogens with zero attached hydrogens (tertiary/aromatic N) is 1. The molecule has 0 spiro atoms. The molecule has 1 N–H and O–H groups in total. The van der Waals surface area contributed by atoms with E-state index < -0.39 is 0 Å². The summed E-state index contributed by atoms with van der Waals surface area (Å²) in [5.74, 6) is 0.587. The van der Waals surface area contributed by atoms with Crippen LogP contribution in [0.25, 0.3) is 0 Å². The maximum Gasteiger partial charge on any atom is 0.0595 e. The fraction of sp³-hybridized carbons (Fsp3) is 0.647. The first-order valence-electron chi connectivity index (χ1n) is 7.66. The van der Waals surface area contributed by atoms with Crippen molar-refractivity contribution in [3.05, 3.63) is 27.7 Å². The average molecular weight is 374 g/mol. The molecule has 2 rings (SSSR count). The van der Waals surface area contributed by atoms with E-state index in [1.165, 1.54) is 5.69 Å². The van der Waals surface area contributed by atoms with Crippen molar-refractivity contribution in [1.82, 2.24) is 5.32 Å². The van der Waals surface area contributed by atoms with Gasteiger partial charge in [-0.3, -0.25) is 0 Å². The van der Waals surface area contributed by atoms with Gasteiger partial charge in [-0.15, -0.1) is 0 Å². The molecule has 1 fully saturated rings. The van der Waals surface area contributed by atoms with Crippen LogP contribution in [0.2, 0.25) is 5.02 Å². The molecule has 2 atom stereocenters. The summed E-state index contributed by atoms with van der Waals surface area (Å²) in [6.45, 7) is 13.5. The number of benzene rings is 1. The third kappa shape index (κ3) is 3.75. The van der Waals surface area contributed by atoms with E-state index in [-0.39, 0.29) is 5.41 Å². The van der Waals surface area contributed by atoms with Gasteiger partial charge in [0, 0.05) is 25.2 Å². The van der Waals surface area contributed by atoms with E-state index in [4.69, 9.17) is 11.6 Å². The third-order valence-electron chi connectivity index (χ3n) is 4.41. The Bertz CT molecular complexity index is 496. The lowest BCUT2D eigenvalue weighted by Gasteiger charge is -2.48. The van der Waals surface area contributed by atoms with Crippen molar-refractivity contribution in [1.29, 1.82) is 0 Å². The fourth-order valence-electron chi connectivity index (χ4n) is 2.94. The lowest BCUT2D eigenvalue weighted by molar-refractivity contribution is 0.220. The van der Waals surface area contributed by atoms with E-state index in [0.717, 1.165) is 22.6 Å². The minimum atomic E-state index is 0.241. The number of rotatable bonds is 2. The van der Waals surface area contributed by atoms with E-state index in [1.807, 2.05) is 12.1 Å². The zero-order valence-corrected chi connectivity index (χ0v) is 15.9. The number of anilines is 1. The van der Waals surface area contributed by atoms with Gasteiger partial charge in [0.2, 0.25) is 0 Å². The van der Waals surface area contributed by atoms with Crippen LogP contribution in [-0.4, -0.2) is 25.2 Å². The standard InChI is InChI=1S/C17H26BrClN2/c1-11(2)14-9-20-15(17(3,4)5)10-21(14)13-8-6-7-12(19)16(13)18/h6-8,11,14-15,20H,9-10H2,1-5H3. The Morgan fingerprint density at radius 1 is 1.33 bits per heavy atom. The summed E-state index contributed by atoms with van der Waals surface area (Å²) >= 11 is 9.97. The molecular formula is C17H26BrClN2. The molecule has 1 saturated heterocycles. The molecule has 1 aromatic carbocycles. The molecule has 4 heteroatoms. The zero-order chi connectivity index (χ0) is 15.8. The SMILES string of the molecule is CC(C)C1CNC(C(C)(C)C)CN1c1cccc(Cl)c1Br. The monoisotopic (exact) mass is 372 g/mol. The van der Waals surface area contributed by atoms with E-state index in [1.54, 1.807) is 0 Å². The van der Waals surface area contributed by atoms with Crippen LogP contribution in [-0.2, 0) is 0 Å². The van der Waals surface area contributed by atoms with E-state index in [2.05, 4.69) is 66.8 Å². The van der Waals surface area contributed by atoms with E-state index >= 15 is 0 Å². The Balaban J connectivity index is 2.36. The van der Waals surface area contributed by atoms with Gasteiger partial charge in [0.1, 0.15) is 0 Å². The van der Waals surface area contributed by atoms with Crippen LogP contribution >= 0.6 is 27.5 Å². The summed E-state index contributed by atoms with van der Waals surface area (Å²) in [6.07, 6.45) is 0. The minimum absolute atomic E-state index is 0.241. The predicted molar refractivity (Wildman–Crippen MR) is 96.4 cm³/mol. The van der Waals surface area contributed by atoms with E-state index in [9.17, 15) is 0 Å². The molecule has 0 aliphatic carbocycles. The van der Waals surface area contributed by atoms with Crippen LogP contribution in [0, 0.1) is 11.3 Å². The Morgan fingerprint density at radius 3 is 2.57 bits per heavy atom. The molecule has 2 nitrogen and oxygen atoms in total. The highest BCUT2D eigenvalue weighted by Gasteiger charge is 2.36. The molecule has 1 aliphatic heterocycles. The Morgan fingerprint density at radius 2 is 2.00 bits per heavy atom. The van der Waals surface area contributed by atoms with Crippen molar-refractivity contribution in [3.8, 4) is 0 Å². The Kier molecular flexibility index (Phi) is 5.27. The molecule has 2 unspecified atom stereocenters. The second-order valence-corrected chi connectivity index (χ2v) is 8.56. The Labute approximate surface area is 142 Å². The maximum absolute atomic E-state index is 6.30. The van der Waals surface area contributed by atoms with Gasteiger partial charge in [0.15, 0.2) is 0 Å². The lowest BCUT2D eigenvalue weighted by atomic mass is 9.83. The van der Waals surface area contributed by atoms with Crippen molar-refractivity contribution in [3.63, 3.8) is 0 Å². The number of hydrogen-bond donors (Lipinski definition) is 1. The summed E-state index contributed by atoms with van der Waals surface area (Å²) in [7, 11) is 0. The molecule has 118 valence electrons. The molecule has 1 heterocycles. The number of hydrogen-bond acceptors (Lipinski definition) is 2. The molecule has 0 amide bonds. The molecule has 21 heavy (non-hydrogen) atoms. The second kappa shape index (κ2) is 6.47. The number of piperazine rings is 1. The molecule has 0 saturated carbocycles. The molecular weight excluding hydrogens is 348 g/mol.